The third-order valence-corrected chi connectivity index (χ3v) is 3.95. The molecular formula is C14H15N3OS. The number of aromatic nitrogens is 2. The molecule has 19 heavy (non-hydrogen) atoms. The number of benzene rings is 1. The number of aryl methyl sites for hydroxylation is 1. The molecular weight excluding hydrogens is 258 g/mol. The Morgan fingerprint density at radius 2 is 2.32 bits per heavy atom. The molecule has 0 aliphatic heterocycles. The summed E-state index contributed by atoms with van der Waals surface area (Å²) >= 11 is 1.65. The second kappa shape index (κ2) is 5.01. The summed E-state index contributed by atoms with van der Waals surface area (Å²) < 4.78 is 5.60. The Balaban J connectivity index is 1.85. The number of rotatable bonds is 4. The Kier molecular flexibility index (Phi) is 3.21. The van der Waals surface area contributed by atoms with Crippen LogP contribution in [0.15, 0.2) is 34.3 Å². The lowest BCUT2D eigenvalue weighted by Crippen LogP contribution is -2.04. The van der Waals surface area contributed by atoms with E-state index in [4.69, 9.17) is 4.42 Å². The number of nitrogens with zero attached hydrogens (tertiary/aromatic N) is 2. The Bertz CT molecular complexity index is 675. The molecule has 1 aromatic carbocycles. The van der Waals surface area contributed by atoms with Gasteiger partial charge in [0.25, 0.3) is 0 Å². The first-order chi connectivity index (χ1) is 9.26. The molecule has 2 heterocycles. The minimum atomic E-state index is 0.238. The highest BCUT2D eigenvalue weighted by Crippen LogP contribution is 2.25. The van der Waals surface area contributed by atoms with Gasteiger partial charge in [0.2, 0.25) is 0 Å². The fourth-order valence-electron chi connectivity index (χ4n) is 1.98. The van der Waals surface area contributed by atoms with Crippen molar-refractivity contribution in [3.8, 4) is 0 Å². The van der Waals surface area contributed by atoms with Gasteiger partial charge in [-0.2, -0.15) is 0 Å². The van der Waals surface area contributed by atoms with E-state index in [1.54, 1.807) is 11.3 Å². The second-order valence-electron chi connectivity index (χ2n) is 4.41. The highest BCUT2D eigenvalue weighted by Gasteiger charge is 2.09. The molecule has 1 unspecified atom stereocenters. The van der Waals surface area contributed by atoms with Gasteiger partial charge >= 0.3 is 0 Å². The minimum Gasteiger partial charge on any atom is -0.441 e. The van der Waals surface area contributed by atoms with E-state index in [1.807, 2.05) is 36.8 Å². The summed E-state index contributed by atoms with van der Waals surface area (Å²) in [6, 6.07) is 6.24. The van der Waals surface area contributed by atoms with Gasteiger partial charge in [-0.05, 0) is 25.1 Å². The summed E-state index contributed by atoms with van der Waals surface area (Å²) in [5.74, 6) is 0.780. The van der Waals surface area contributed by atoms with Gasteiger partial charge in [-0.3, -0.25) is 4.98 Å². The summed E-state index contributed by atoms with van der Waals surface area (Å²) in [5, 5.41) is 3.45. The van der Waals surface area contributed by atoms with Crippen LogP contribution in [0.3, 0.4) is 0 Å². The lowest BCUT2D eigenvalue weighted by molar-refractivity contribution is 0.538. The quantitative estimate of drug-likeness (QED) is 0.780. The third-order valence-electron chi connectivity index (χ3n) is 3.00. The van der Waals surface area contributed by atoms with Gasteiger partial charge in [0, 0.05) is 23.2 Å². The van der Waals surface area contributed by atoms with Crippen molar-refractivity contribution in [2.75, 3.05) is 5.32 Å². The smallest absolute Gasteiger partial charge is 0.195 e. The van der Waals surface area contributed by atoms with E-state index in [1.165, 1.54) is 4.88 Å². The predicted octanol–water partition coefficient (Wildman–Crippen LogP) is 4.02. The molecule has 0 bridgehead atoms. The van der Waals surface area contributed by atoms with E-state index in [-0.39, 0.29) is 6.04 Å². The van der Waals surface area contributed by atoms with E-state index < -0.39 is 0 Å². The van der Waals surface area contributed by atoms with Crippen molar-refractivity contribution in [1.82, 2.24) is 9.97 Å². The van der Waals surface area contributed by atoms with Gasteiger partial charge in [-0.1, -0.05) is 6.92 Å². The highest BCUT2D eigenvalue weighted by atomic mass is 32.1. The molecule has 98 valence electrons. The number of hydrogen-bond donors (Lipinski definition) is 1. The molecule has 1 atom stereocenters. The molecule has 3 aromatic rings. The lowest BCUT2D eigenvalue weighted by atomic mass is 10.2. The first-order valence-corrected chi connectivity index (χ1v) is 7.18. The van der Waals surface area contributed by atoms with Gasteiger partial charge in [-0.25, -0.2) is 4.98 Å². The van der Waals surface area contributed by atoms with Crippen LogP contribution in [0.5, 0.6) is 0 Å². The van der Waals surface area contributed by atoms with Crippen molar-refractivity contribution in [3.05, 3.63) is 40.7 Å². The normalized spacial score (nSPS) is 12.7. The molecule has 0 aliphatic rings. The summed E-state index contributed by atoms with van der Waals surface area (Å²) in [5.41, 5.74) is 4.64. The van der Waals surface area contributed by atoms with Crippen LogP contribution in [0, 0.1) is 0 Å². The Morgan fingerprint density at radius 1 is 1.42 bits per heavy atom. The predicted molar refractivity (Wildman–Crippen MR) is 77.5 cm³/mol. The molecule has 0 aliphatic carbocycles. The average Bonchev–Trinajstić information content (AvgIpc) is 3.07. The first-order valence-electron chi connectivity index (χ1n) is 6.30. The largest absolute Gasteiger partial charge is 0.441 e. The van der Waals surface area contributed by atoms with Gasteiger partial charge in [-0.15, -0.1) is 11.3 Å². The molecule has 0 fully saturated rings. The zero-order chi connectivity index (χ0) is 13.2. The number of thiazole rings is 1. The van der Waals surface area contributed by atoms with E-state index in [0.29, 0.717) is 0 Å². The van der Waals surface area contributed by atoms with Crippen molar-refractivity contribution in [2.45, 2.75) is 26.3 Å². The van der Waals surface area contributed by atoms with Gasteiger partial charge < -0.3 is 9.73 Å². The maximum absolute atomic E-state index is 5.60. The Labute approximate surface area is 115 Å². The maximum atomic E-state index is 5.60. The van der Waals surface area contributed by atoms with E-state index >= 15 is 0 Å². The fourth-order valence-corrected chi connectivity index (χ4v) is 2.60. The van der Waals surface area contributed by atoms with Crippen LogP contribution < -0.4 is 5.32 Å². The van der Waals surface area contributed by atoms with Crippen molar-refractivity contribution in [3.63, 3.8) is 0 Å². The van der Waals surface area contributed by atoms with Gasteiger partial charge in [0.05, 0.1) is 11.6 Å². The third kappa shape index (κ3) is 2.46. The van der Waals surface area contributed by atoms with Gasteiger partial charge in [0.15, 0.2) is 11.5 Å². The molecule has 2 aromatic heterocycles. The summed E-state index contributed by atoms with van der Waals surface area (Å²) in [7, 11) is 0. The zero-order valence-corrected chi connectivity index (χ0v) is 11.7. The summed E-state index contributed by atoms with van der Waals surface area (Å²) in [4.78, 5) is 9.76. The van der Waals surface area contributed by atoms with E-state index in [0.717, 1.165) is 29.1 Å². The Morgan fingerprint density at radius 3 is 3.05 bits per heavy atom. The first kappa shape index (κ1) is 12.2. The standard InChI is InChI=1S/C14H15N3OS/c1-3-14-17-11-6-10(4-5-12(11)18-14)16-9(2)13-7-15-8-19-13/h4-9,16H,3H2,1-2H3. The lowest BCUT2D eigenvalue weighted by Gasteiger charge is -2.12. The van der Waals surface area contributed by atoms with Crippen LogP contribution in [-0.4, -0.2) is 9.97 Å². The molecule has 0 saturated carbocycles. The molecule has 0 spiro atoms. The van der Waals surface area contributed by atoms with E-state index in [2.05, 4.69) is 22.2 Å². The van der Waals surface area contributed by atoms with Gasteiger partial charge in [0.1, 0.15) is 5.52 Å². The molecule has 4 nitrogen and oxygen atoms in total. The molecule has 0 amide bonds. The number of anilines is 1. The monoisotopic (exact) mass is 273 g/mol. The average molecular weight is 273 g/mol. The minimum absolute atomic E-state index is 0.238. The van der Waals surface area contributed by atoms with Crippen LogP contribution >= 0.6 is 11.3 Å². The highest BCUT2D eigenvalue weighted by molar-refractivity contribution is 7.09. The SMILES string of the molecule is CCc1nc2cc(NC(C)c3cncs3)ccc2o1. The summed E-state index contributed by atoms with van der Waals surface area (Å²) in [6.45, 7) is 4.16. The maximum Gasteiger partial charge on any atom is 0.195 e. The number of oxazole rings is 1. The van der Waals surface area contributed by atoms with Crippen molar-refractivity contribution < 1.29 is 4.42 Å². The van der Waals surface area contributed by atoms with Crippen molar-refractivity contribution in [1.29, 1.82) is 0 Å². The molecule has 3 rings (SSSR count). The van der Waals surface area contributed by atoms with Crippen LogP contribution in [0.25, 0.3) is 11.1 Å². The molecule has 5 heteroatoms. The Hall–Kier alpha value is -1.88. The molecule has 0 saturated heterocycles. The zero-order valence-electron chi connectivity index (χ0n) is 10.9. The topological polar surface area (TPSA) is 51.0 Å². The second-order valence-corrected chi connectivity index (χ2v) is 5.33. The molecule has 1 N–H and O–H groups in total. The van der Waals surface area contributed by atoms with Crippen LogP contribution in [0.2, 0.25) is 0 Å². The van der Waals surface area contributed by atoms with E-state index in [9.17, 15) is 0 Å². The van der Waals surface area contributed by atoms with Crippen molar-refractivity contribution >= 4 is 28.1 Å². The van der Waals surface area contributed by atoms with Crippen LogP contribution in [0.1, 0.15) is 30.7 Å². The van der Waals surface area contributed by atoms with Crippen molar-refractivity contribution in [2.24, 2.45) is 0 Å². The fraction of sp³-hybridized carbons (Fsp3) is 0.286. The number of nitrogens with one attached hydrogen (secondary N) is 1. The van der Waals surface area contributed by atoms with Crippen LogP contribution in [-0.2, 0) is 6.42 Å². The number of fused-ring (bicyclic) bond motifs is 1. The van der Waals surface area contributed by atoms with Crippen LogP contribution in [0.4, 0.5) is 5.69 Å². The number of hydrogen-bond acceptors (Lipinski definition) is 5. The summed E-state index contributed by atoms with van der Waals surface area (Å²) in [6.07, 6.45) is 2.71. The molecule has 0 radical (unpaired) electrons.